The Morgan fingerprint density at radius 2 is 1.98 bits per heavy atom. The van der Waals surface area contributed by atoms with Crippen molar-refractivity contribution in [1.82, 2.24) is 35.5 Å². The molecule has 1 saturated carbocycles. The van der Waals surface area contributed by atoms with Crippen molar-refractivity contribution in [2.24, 2.45) is 12.5 Å². The highest BCUT2D eigenvalue weighted by Gasteiger charge is 2.32. The maximum Gasteiger partial charge on any atom is 0.176 e. The number of rotatable bonds is 12. The fourth-order valence-electron chi connectivity index (χ4n) is 5.51. The van der Waals surface area contributed by atoms with Crippen molar-refractivity contribution in [3.05, 3.63) is 41.3 Å². The van der Waals surface area contributed by atoms with E-state index in [1.807, 2.05) is 24.3 Å². The highest BCUT2D eigenvalue weighted by Crippen LogP contribution is 2.32. The third-order valence-corrected chi connectivity index (χ3v) is 8.38. The lowest BCUT2D eigenvalue weighted by atomic mass is 9.82. The Labute approximate surface area is 251 Å². The molecule has 1 saturated heterocycles. The second kappa shape index (κ2) is 14.2. The Balaban J connectivity index is 1.11. The number of ether oxygens (including phenoxy) is 2. The molecule has 1 aliphatic heterocycles. The SMILES string of the molecule is C[C@@H](COCc1nnnn1C)NC1CCC(Nc2cc(-c3cccc(NCC4(C#N)CCOCC4)n3)c(Cl)cn2)CC1. The average molecular weight is 595 g/mol. The van der Waals surface area contributed by atoms with Gasteiger partial charge in [-0.25, -0.2) is 14.6 Å². The summed E-state index contributed by atoms with van der Waals surface area (Å²) in [6, 6.07) is 11.3. The fraction of sp³-hybridized carbons (Fsp3) is 0.586. The van der Waals surface area contributed by atoms with Gasteiger partial charge in [0, 0.05) is 56.7 Å². The third kappa shape index (κ3) is 7.92. The summed E-state index contributed by atoms with van der Waals surface area (Å²) in [7, 11) is 1.81. The van der Waals surface area contributed by atoms with Crippen LogP contribution < -0.4 is 16.0 Å². The smallest absolute Gasteiger partial charge is 0.176 e. The van der Waals surface area contributed by atoms with E-state index in [1.165, 1.54) is 0 Å². The minimum Gasteiger partial charge on any atom is -0.381 e. The summed E-state index contributed by atoms with van der Waals surface area (Å²) in [6.45, 7) is 4.90. The molecule has 2 aliphatic rings. The van der Waals surface area contributed by atoms with Crippen molar-refractivity contribution in [2.45, 2.75) is 70.2 Å². The van der Waals surface area contributed by atoms with Crippen LogP contribution in [-0.4, -0.2) is 74.7 Å². The minimum atomic E-state index is -0.433. The largest absolute Gasteiger partial charge is 0.381 e. The van der Waals surface area contributed by atoms with Gasteiger partial charge >= 0.3 is 0 Å². The van der Waals surface area contributed by atoms with E-state index in [9.17, 15) is 5.26 Å². The molecule has 2 fully saturated rings. The summed E-state index contributed by atoms with van der Waals surface area (Å²) >= 11 is 6.57. The molecule has 3 aromatic heterocycles. The predicted molar refractivity (Wildman–Crippen MR) is 160 cm³/mol. The lowest BCUT2D eigenvalue weighted by Gasteiger charge is -2.32. The zero-order valence-corrected chi connectivity index (χ0v) is 25.0. The van der Waals surface area contributed by atoms with Crippen molar-refractivity contribution in [2.75, 3.05) is 37.0 Å². The summed E-state index contributed by atoms with van der Waals surface area (Å²) in [5, 5.41) is 32.4. The molecule has 3 aromatic rings. The normalized spacial score (nSPS) is 20.9. The van der Waals surface area contributed by atoms with Crippen LogP contribution in [0.3, 0.4) is 0 Å². The topological polar surface area (TPSA) is 148 Å². The predicted octanol–water partition coefficient (Wildman–Crippen LogP) is 3.97. The van der Waals surface area contributed by atoms with Gasteiger partial charge in [-0.05, 0) is 74.1 Å². The first-order chi connectivity index (χ1) is 20.4. The molecular formula is C29H39ClN10O2. The first-order valence-corrected chi connectivity index (χ1v) is 15.0. The summed E-state index contributed by atoms with van der Waals surface area (Å²) in [6.07, 6.45) is 7.34. The Morgan fingerprint density at radius 3 is 2.71 bits per heavy atom. The van der Waals surface area contributed by atoms with Crippen molar-refractivity contribution < 1.29 is 9.47 Å². The van der Waals surface area contributed by atoms with Gasteiger partial charge in [-0.15, -0.1) is 5.10 Å². The molecule has 13 heteroatoms. The number of aromatic nitrogens is 6. The maximum absolute atomic E-state index is 9.76. The van der Waals surface area contributed by atoms with Crippen molar-refractivity contribution in [3.8, 4) is 17.3 Å². The zero-order chi connectivity index (χ0) is 29.4. The molecule has 42 heavy (non-hydrogen) atoms. The van der Waals surface area contributed by atoms with E-state index in [0.717, 1.165) is 55.6 Å². The zero-order valence-electron chi connectivity index (χ0n) is 24.2. The number of aryl methyl sites for hydroxylation is 1. The Hall–Kier alpha value is -3.37. The van der Waals surface area contributed by atoms with E-state index in [2.05, 4.69) is 49.5 Å². The standard InChI is InChI=1S/C29H39ClN10O2/c1-20(16-42-17-28-37-38-39-40(28)2)34-21-6-8-22(9-7-21)35-27-14-23(24(30)15-32-27)25-4-3-5-26(36-25)33-19-29(18-31)10-12-41-13-11-29/h3-5,14-15,20-22,34H,6-13,16-17,19H2,1-2H3,(H,32,35)(H,33,36)/t20-,21?,22?/m0/s1. The molecule has 0 amide bonds. The molecule has 0 radical (unpaired) electrons. The monoisotopic (exact) mass is 594 g/mol. The van der Waals surface area contributed by atoms with Gasteiger partial charge in [-0.1, -0.05) is 17.7 Å². The van der Waals surface area contributed by atoms with Gasteiger partial charge in [0.2, 0.25) is 0 Å². The number of nitriles is 1. The molecule has 1 aliphatic carbocycles. The Kier molecular flexibility index (Phi) is 10.2. The Morgan fingerprint density at radius 1 is 1.19 bits per heavy atom. The summed E-state index contributed by atoms with van der Waals surface area (Å²) < 4.78 is 12.9. The number of nitrogens with zero attached hydrogens (tertiary/aromatic N) is 7. The number of nitrogens with one attached hydrogen (secondary N) is 3. The molecule has 0 bridgehead atoms. The first kappa shape index (κ1) is 30.1. The van der Waals surface area contributed by atoms with E-state index >= 15 is 0 Å². The van der Waals surface area contributed by atoms with Crippen LogP contribution in [0.2, 0.25) is 5.02 Å². The van der Waals surface area contributed by atoms with Crippen LogP contribution in [-0.2, 0) is 23.1 Å². The first-order valence-electron chi connectivity index (χ1n) is 14.6. The molecular weight excluding hydrogens is 556 g/mol. The second-order valence-corrected chi connectivity index (χ2v) is 11.7. The van der Waals surface area contributed by atoms with Crippen LogP contribution in [0.1, 0.15) is 51.3 Å². The Bertz CT molecular complexity index is 1350. The van der Waals surface area contributed by atoms with E-state index in [-0.39, 0.29) is 6.04 Å². The van der Waals surface area contributed by atoms with E-state index in [4.69, 9.17) is 26.1 Å². The minimum absolute atomic E-state index is 0.237. The van der Waals surface area contributed by atoms with Crippen molar-refractivity contribution >= 4 is 23.2 Å². The van der Waals surface area contributed by atoms with Crippen LogP contribution in [0, 0.1) is 16.7 Å². The van der Waals surface area contributed by atoms with E-state index in [0.29, 0.717) is 61.7 Å². The number of hydrogen-bond donors (Lipinski definition) is 3. The molecule has 1 atom stereocenters. The van der Waals surface area contributed by atoms with Gasteiger partial charge in [0.1, 0.15) is 18.2 Å². The third-order valence-electron chi connectivity index (χ3n) is 8.08. The van der Waals surface area contributed by atoms with Gasteiger partial charge < -0.3 is 25.4 Å². The number of pyridine rings is 2. The second-order valence-electron chi connectivity index (χ2n) is 11.3. The number of anilines is 2. The summed E-state index contributed by atoms with van der Waals surface area (Å²) in [5.74, 6) is 2.22. The van der Waals surface area contributed by atoms with Crippen molar-refractivity contribution in [1.29, 1.82) is 5.26 Å². The molecule has 3 N–H and O–H groups in total. The average Bonchev–Trinajstić information content (AvgIpc) is 3.43. The highest BCUT2D eigenvalue weighted by atomic mass is 35.5. The molecule has 0 unspecified atom stereocenters. The van der Waals surface area contributed by atoms with Crippen LogP contribution in [0.25, 0.3) is 11.3 Å². The van der Waals surface area contributed by atoms with Crippen LogP contribution in [0.5, 0.6) is 0 Å². The lowest BCUT2D eigenvalue weighted by Crippen LogP contribution is -2.43. The number of hydrogen-bond acceptors (Lipinski definition) is 11. The van der Waals surface area contributed by atoms with Gasteiger partial charge in [0.25, 0.3) is 0 Å². The van der Waals surface area contributed by atoms with Gasteiger partial charge in [-0.3, -0.25) is 0 Å². The molecule has 12 nitrogen and oxygen atoms in total. The number of tetrazole rings is 1. The summed E-state index contributed by atoms with van der Waals surface area (Å²) in [4.78, 5) is 9.34. The van der Waals surface area contributed by atoms with Gasteiger partial charge in [-0.2, -0.15) is 5.26 Å². The molecule has 0 aromatic carbocycles. The maximum atomic E-state index is 9.76. The van der Waals surface area contributed by atoms with Gasteiger partial charge in [0.05, 0.1) is 28.8 Å². The number of halogens is 1. The van der Waals surface area contributed by atoms with E-state index < -0.39 is 5.41 Å². The van der Waals surface area contributed by atoms with Crippen LogP contribution >= 0.6 is 11.6 Å². The highest BCUT2D eigenvalue weighted by molar-refractivity contribution is 6.33. The summed E-state index contributed by atoms with van der Waals surface area (Å²) in [5.41, 5.74) is 1.14. The lowest BCUT2D eigenvalue weighted by molar-refractivity contribution is 0.0455. The molecule has 0 spiro atoms. The van der Waals surface area contributed by atoms with Crippen LogP contribution in [0.4, 0.5) is 11.6 Å². The molecule has 224 valence electrons. The quantitative estimate of drug-likeness (QED) is 0.280. The van der Waals surface area contributed by atoms with Crippen molar-refractivity contribution in [3.63, 3.8) is 0 Å². The fourth-order valence-corrected chi connectivity index (χ4v) is 5.71. The van der Waals surface area contributed by atoms with E-state index in [1.54, 1.807) is 17.9 Å². The van der Waals surface area contributed by atoms with Gasteiger partial charge in [0.15, 0.2) is 5.82 Å². The molecule has 4 heterocycles. The molecule has 5 rings (SSSR count). The van der Waals surface area contributed by atoms with Crippen LogP contribution in [0.15, 0.2) is 30.5 Å².